The lowest BCUT2D eigenvalue weighted by Gasteiger charge is -2.21. The van der Waals surface area contributed by atoms with Crippen molar-refractivity contribution in [2.75, 3.05) is 12.3 Å². The van der Waals surface area contributed by atoms with Crippen LogP contribution in [0.5, 0.6) is 0 Å². The molecular formula is C12H16N4. The van der Waals surface area contributed by atoms with Crippen LogP contribution in [0.2, 0.25) is 0 Å². The Labute approximate surface area is 94.5 Å². The first-order valence-electron chi connectivity index (χ1n) is 5.81. The molecule has 0 amide bonds. The first-order chi connectivity index (χ1) is 7.84. The van der Waals surface area contributed by atoms with Crippen molar-refractivity contribution in [2.45, 2.75) is 25.3 Å². The summed E-state index contributed by atoms with van der Waals surface area (Å²) in [6.07, 6.45) is 5.77. The lowest BCUT2D eigenvalue weighted by atomic mass is 10.0. The third-order valence-electron chi connectivity index (χ3n) is 3.21. The SMILES string of the molecule is Nc1cccc2nc(C3CCCCN3)cn12. The van der Waals surface area contributed by atoms with E-state index in [0.717, 1.165) is 23.7 Å². The Bertz CT molecular complexity index is 497. The van der Waals surface area contributed by atoms with Crippen LogP contribution in [0.25, 0.3) is 5.65 Å². The Hall–Kier alpha value is -1.55. The highest BCUT2D eigenvalue weighted by Crippen LogP contribution is 2.23. The van der Waals surface area contributed by atoms with Gasteiger partial charge in [0, 0.05) is 6.20 Å². The average molecular weight is 216 g/mol. The van der Waals surface area contributed by atoms with E-state index in [2.05, 4.69) is 10.3 Å². The van der Waals surface area contributed by atoms with Crippen molar-refractivity contribution in [2.24, 2.45) is 0 Å². The maximum Gasteiger partial charge on any atom is 0.138 e. The summed E-state index contributed by atoms with van der Waals surface area (Å²) >= 11 is 0. The molecule has 2 aromatic heterocycles. The molecule has 0 radical (unpaired) electrons. The van der Waals surface area contributed by atoms with Gasteiger partial charge in [0.05, 0.1) is 11.7 Å². The van der Waals surface area contributed by atoms with Gasteiger partial charge in [0.2, 0.25) is 0 Å². The number of pyridine rings is 1. The molecule has 1 fully saturated rings. The van der Waals surface area contributed by atoms with Gasteiger partial charge in [-0.05, 0) is 31.5 Å². The fourth-order valence-electron chi connectivity index (χ4n) is 2.32. The molecule has 84 valence electrons. The fourth-order valence-corrected chi connectivity index (χ4v) is 2.32. The van der Waals surface area contributed by atoms with Crippen LogP contribution in [-0.4, -0.2) is 15.9 Å². The van der Waals surface area contributed by atoms with E-state index in [0.29, 0.717) is 6.04 Å². The first kappa shape index (κ1) is 9.66. The van der Waals surface area contributed by atoms with Gasteiger partial charge in [0.15, 0.2) is 0 Å². The maximum absolute atomic E-state index is 5.90. The Morgan fingerprint density at radius 1 is 1.38 bits per heavy atom. The Morgan fingerprint density at radius 3 is 3.06 bits per heavy atom. The van der Waals surface area contributed by atoms with Crippen LogP contribution in [-0.2, 0) is 0 Å². The highest BCUT2D eigenvalue weighted by molar-refractivity contribution is 5.48. The highest BCUT2D eigenvalue weighted by Gasteiger charge is 2.17. The number of hydrogen-bond acceptors (Lipinski definition) is 3. The van der Waals surface area contributed by atoms with Crippen molar-refractivity contribution in [1.29, 1.82) is 0 Å². The van der Waals surface area contributed by atoms with Crippen LogP contribution in [0.4, 0.5) is 5.82 Å². The number of nitrogens with one attached hydrogen (secondary N) is 1. The minimum Gasteiger partial charge on any atom is -0.385 e. The lowest BCUT2D eigenvalue weighted by molar-refractivity contribution is 0.406. The average Bonchev–Trinajstić information content (AvgIpc) is 2.76. The number of aromatic nitrogens is 2. The van der Waals surface area contributed by atoms with E-state index >= 15 is 0 Å². The van der Waals surface area contributed by atoms with E-state index in [1.807, 2.05) is 28.8 Å². The molecule has 0 aliphatic carbocycles. The van der Waals surface area contributed by atoms with Gasteiger partial charge in [-0.25, -0.2) is 4.98 Å². The Kier molecular flexibility index (Phi) is 2.29. The van der Waals surface area contributed by atoms with Crippen molar-refractivity contribution in [1.82, 2.24) is 14.7 Å². The predicted octanol–water partition coefficient (Wildman–Crippen LogP) is 1.73. The second-order valence-electron chi connectivity index (χ2n) is 4.35. The molecule has 1 atom stereocenters. The number of anilines is 1. The largest absolute Gasteiger partial charge is 0.385 e. The normalized spacial score (nSPS) is 21.4. The van der Waals surface area contributed by atoms with Gasteiger partial charge in [-0.3, -0.25) is 4.40 Å². The number of rotatable bonds is 1. The van der Waals surface area contributed by atoms with E-state index in [-0.39, 0.29) is 0 Å². The molecule has 0 saturated carbocycles. The van der Waals surface area contributed by atoms with Crippen molar-refractivity contribution < 1.29 is 0 Å². The number of piperidine rings is 1. The smallest absolute Gasteiger partial charge is 0.138 e. The van der Waals surface area contributed by atoms with Crippen molar-refractivity contribution in [3.8, 4) is 0 Å². The van der Waals surface area contributed by atoms with Crippen molar-refractivity contribution >= 4 is 11.5 Å². The second kappa shape index (κ2) is 3.79. The van der Waals surface area contributed by atoms with Gasteiger partial charge >= 0.3 is 0 Å². The molecule has 3 N–H and O–H groups in total. The summed E-state index contributed by atoms with van der Waals surface area (Å²) in [6, 6.07) is 6.22. The maximum atomic E-state index is 5.90. The summed E-state index contributed by atoms with van der Waals surface area (Å²) in [5.41, 5.74) is 7.94. The van der Waals surface area contributed by atoms with E-state index in [9.17, 15) is 0 Å². The number of hydrogen-bond donors (Lipinski definition) is 2. The van der Waals surface area contributed by atoms with Gasteiger partial charge in [0.1, 0.15) is 11.5 Å². The zero-order chi connectivity index (χ0) is 11.0. The fraction of sp³-hybridized carbons (Fsp3) is 0.417. The molecule has 1 unspecified atom stereocenters. The summed E-state index contributed by atoms with van der Waals surface area (Å²) in [4.78, 5) is 4.62. The molecule has 0 spiro atoms. The van der Waals surface area contributed by atoms with E-state index < -0.39 is 0 Å². The van der Waals surface area contributed by atoms with Crippen LogP contribution in [0.15, 0.2) is 24.4 Å². The Morgan fingerprint density at radius 2 is 2.31 bits per heavy atom. The molecule has 0 aromatic carbocycles. The standard InChI is InChI=1S/C12H16N4/c13-11-5-3-6-12-15-10(8-16(11)12)9-4-1-2-7-14-9/h3,5-6,8-9,14H,1-2,4,7,13H2. The van der Waals surface area contributed by atoms with Crippen LogP contribution < -0.4 is 11.1 Å². The summed E-state index contributed by atoms with van der Waals surface area (Å²) in [5, 5.41) is 3.50. The van der Waals surface area contributed by atoms with Gasteiger partial charge < -0.3 is 11.1 Å². The summed E-state index contributed by atoms with van der Waals surface area (Å²) in [6.45, 7) is 1.09. The summed E-state index contributed by atoms with van der Waals surface area (Å²) in [5.74, 6) is 0.743. The molecule has 1 aliphatic rings. The molecule has 4 nitrogen and oxygen atoms in total. The minimum atomic E-state index is 0.396. The zero-order valence-electron chi connectivity index (χ0n) is 9.19. The molecule has 1 aliphatic heterocycles. The molecule has 16 heavy (non-hydrogen) atoms. The predicted molar refractivity (Wildman–Crippen MR) is 64.2 cm³/mol. The summed E-state index contributed by atoms with van der Waals surface area (Å²) < 4.78 is 1.95. The van der Waals surface area contributed by atoms with E-state index in [4.69, 9.17) is 5.73 Å². The molecule has 3 rings (SSSR count). The van der Waals surface area contributed by atoms with Gasteiger partial charge in [-0.1, -0.05) is 12.5 Å². The molecule has 4 heteroatoms. The molecule has 0 bridgehead atoms. The molecule has 3 heterocycles. The second-order valence-corrected chi connectivity index (χ2v) is 4.35. The van der Waals surface area contributed by atoms with E-state index in [1.165, 1.54) is 19.3 Å². The molecule has 2 aromatic rings. The first-order valence-corrected chi connectivity index (χ1v) is 5.81. The Balaban J connectivity index is 2.01. The zero-order valence-corrected chi connectivity index (χ0v) is 9.19. The number of nitrogens with two attached hydrogens (primary N) is 1. The van der Waals surface area contributed by atoms with Gasteiger partial charge in [0.25, 0.3) is 0 Å². The monoisotopic (exact) mass is 216 g/mol. The lowest BCUT2D eigenvalue weighted by Crippen LogP contribution is -2.26. The van der Waals surface area contributed by atoms with Crippen LogP contribution >= 0.6 is 0 Å². The number of imidazole rings is 1. The van der Waals surface area contributed by atoms with Crippen LogP contribution in [0.1, 0.15) is 31.0 Å². The van der Waals surface area contributed by atoms with Gasteiger partial charge in [-0.2, -0.15) is 0 Å². The van der Waals surface area contributed by atoms with Crippen molar-refractivity contribution in [3.05, 3.63) is 30.1 Å². The number of nitrogens with zero attached hydrogens (tertiary/aromatic N) is 2. The third-order valence-corrected chi connectivity index (χ3v) is 3.21. The molecule has 1 saturated heterocycles. The number of nitrogen functional groups attached to an aromatic ring is 1. The highest BCUT2D eigenvalue weighted by atomic mass is 15.1. The topological polar surface area (TPSA) is 55.3 Å². The van der Waals surface area contributed by atoms with E-state index in [1.54, 1.807) is 0 Å². The minimum absolute atomic E-state index is 0.396. The van der Waals surface area contributed by atoms with Crippen molar-refractivity contribution in [3.63, 3.8) is 0 Å². The summed E-state index contributed by atoms with van der Waals surface area (Å²) in [7, 11) is 0. The quantitative estimate of drug-likeness (QED) is 0.763. The van der Waals surface area contributed by atoms with Crippen LogP contribution in [0.3, 0.4) is 0 Å². The molecular weight excluding hydrogens is 200 g/mol. The van der Waals surface area contributed by atoms with Crippen LogP contribution in [0, 0.1) is 0 Å². The third kappa shape index (κ3) is 1.55. The number of fused-ring (bicyclic) bond motifs is 1. The van der Waals surface area contributed by atoms with Gasteiger partial charge in [-0.15, -0.1) is 0 Å².